The van der Waals surface area contributed by atoms with Crippen molar-refractivity contribution in [3.63, 3.8) is 0 Å². The number of imide groups is 1. The van der Waals surface area contributed by atoms with E-state index in [4.69, 9.17) is 10.5 Å². The fourth-order valence-electron chi connectivity index (χ4n) is 2.85. The van der Waals surface area contributed by atoms with Gasteiger partial charge in [0, 0.05) is 6.04 Å². The number of amides is 2. The summed E-state index contributed by atoms with van der Waals surface area (Å²) in [6.07, 6.45) is -2.52. The molecule has 3 unspecified atom stereocenters. The molecule has 170 valence electrons. The summed E-state index contributed by atoms with van der Waals surface area (Å²) in [6.45, 7) is 2.05. The van der Waals surface area contributed by atoms with Crippen LogP contribution in [0.2, 0.25) is 0 Å². The molecule has 2 amide bonds. The number of aliphatic hydroxyl groups is 1. The standard InChI is InChI=1S/C17H22N4O10/c1-9(2)15(18)14(22)8-29-10-3-4-12-13(5-10)17(24)19(16(12)23)6-11(31-21(27)28)7-30-20(25)26/h3-5,9,11,14-15,22H,6-8,18H2,1-2H3. The maximum Gasteiger partial charge on any atom is 0.294 e. The van der Waals surface area contributed by atoms with Crippen molar-refractivity contribution >= 4 is 11.8 Å². The SMILES string of the molecule is CC(C)C(N)C(O)COc1ccc2c(c1)C(=O)N(CC(CO[N+](=O)[O-])O[N+](=O)[O-])C2=O. The number of nitrogens with two attached hydrogens (primary N) is 1. The van der Waals surface area contributed by atoms with Crippen LogP contribution < -0.4 is 10.5 Å². The molecular formula is C17H22N4O10. The van der Waals surface area contributed by atoms with Gasteiger partial charge >= 0.3 is 0 Å². The zero-order chi connectivity index (χ0) is 23.3. The largest absolute Gasteiger partial charge is 0.491 e. The van der Waals surface area contributed by atoms with Gasteiger partial charge in [0.2, 0.25) is 0 Å². The Morgan fingerprint density at radius 3 is 2.32 bits per heavy atom. The van der Waals surface area contributed by atoms with Crippen LogP contribution in [0.4, 0.5) is 0 Å². The molecule has 14 nitrogen and oxygen atoms in total. The second kappa shape index (κ2) is 9.99. The average Bonchev–Trinajstić information content (AvgIpc) is 2.93. The van der Waals surface area contributed by atoms with Crippen LogP contribution in [0.1, 0.15) is 34.6 Å². The number of ether oxygens (including phenoxy) is 1. The van der Waals surface area contributed by atoms with Gasteiger partial charge in [0.05, 0.1) is 17.7 Å². The first-order valence-corrected chi connectivity index (χ1v) is 9.16. The number of fused-ring (bicyclic) bond motifs is 1. The van der Waals surface area contributed by atoms with Gasteiger partial charge in [0.25, 0.3) is 22.0 Å². The lowest BCUT2D eigenvalue weighted by Crippen LogP contribution is -2.42. The molecule has 0 aliphatic carbocycles. The zero-order valence-electron chi connectivity index (χ0n) is 16.7. The summed E-state index contributed by atoms with van der Waals surface area (Å²) >= 11 is 0. The Bertz CT molecular complexity index is 861. The van der Waals surface area contributed by atoms with E-state index >= 15 is 0 Å². The predicted octanol–water partition coefficient (Wildman–Crippen LogP) is -0.209. The molecule has 0 saturated heterocycles. The number of hydrogen-bond acceptors (Lipinski definition) is 11. The maximum absolute atomic E-state index is 12.6. The molecule has 3 atom stereocenters. The molecule has 1 aliphatic heterocycles. The highest BCUT2D eigenvalue weighted by Crippen LogP contribution is 2.27. The maximum atomic E-state index is 12.6. The molecule has 0 fully saturated rings. The highest BCUT2D eigenvalue weighted by Gasteiger charge is 2.38. The van der Waals surface area contributed by atoms with Crippen LogP contribution in [-0.2, 0) is 9.68 Å². The number of carbonyl (C=O) groups excluding carboxylic acids is 2. The van der Waals surface area contributed by atoms with Gasteiger partial charge in [-0.2, -0.15) is 0 Å². The molecule has 0 radical (unpaired) electrons. The first kappa shape index (κ1) is 23.8. The van der Waals surface area contributed by atoms with Crippen molar-refractivity contribution in [3.8, 4) is 5.75 Å². The van der Waals surface area contributed by atoms with Crippen molar-refractivity contribution < 1.29 is 39.3 Å². The Hall–Kier alpha value is -3.52. The highest BCUT2D eigenvalue weighted by atomic mass is 17.0. The number of rotatable bonds is 12. The fraction of sp³-hybridized carbons (Fsp3) is 0.529. The van der Waals surface area contributed by atoms with E-state index in [1.165, 1.54) is 18.2 Å². The molecule has 14 heteroatoms. The van der Waals surface area contributed by atoms with E-state index in [0.29, 0.717) is 4.90 Å². The minimum atomic E-state index is -1.56. The Kier molecular flexibility index (Phi) is 7.66. The minimum absolute atomic E-state index is 0.0139. The third kappa shape index (κ3) is 5.99. The van der Waals surface area contributed by atoms with Crippen LogP contribution in [0.25, 0.3) is 0 Å². The monoisotopic (exact) mass is 442 g/mol. The molecule has 0 spiro atoms. The van der Waals surface area contributed by atoms with Gasteiger partial charge in [-0.3, -0.25) is 14.5 Å². The van der Waals surface area contributed by atoms with Gasteiger partial charge in [-0.05, 0) is 24.1 Å². The van der Waals surface area contributed by atoms with Gasteiger partial charge < -0.3 is 25.3 Å². The van der Waals surface area contributed by atoms with Crippen LogP contribution in [0.15, 0.2) is 18.2 Å². The molecule has 2 rings (SSSR count). The molecule has 0 saturated carbocycles. The second-order valence-corrected chi connectivity index (χ2v) is 7.10. The van der Waals surface area contributed by atoms with Gasteiger partial charge in [0.15, 0.2) is 0 Å². The molecule has 1 aromatic rings. The van der Waals surface area contributed by atoms with Crippen molar-refractivity contribution in [1.82, 2.24) is 4.90 Å². The zero-order valence-corrected chi connectivity index (χ0v) is 16.7. The number of hydrogen-bond donors (Lipinski definition) is 2. The molecule has 0 aromatic heterocycles. The third-order valence-corrected chi connectivity index (χ3v) is 4.56. The number of aliphatic hydroxyl groups excluding tert-OH is 1. The second-order valence-electron chi connectivity index (χ2n) is 7.10. The van der Waals surface area contributed by atoms with Crippen LogP contribution in [0, 0.1) is 26.1 Å². The summed E-state index contributed by atoms with van der Waals surface area (Å²) in [5, 5.41) is 28.6. The van der Waals surface area contributed by atoms with Crippen LogP contribution in [0.5, 0.6) is 5.75 Å². The molecule has 3 N–H and O–H groups in total. The van der Waals surface area contributed by atoms with E-state index in [9.17, 15) is 34.9 Å². The summed E-state index contributed by atoms with van der Waals surface area (Å²) in [4.78, 5) is 55.1. The lowest BCUT2D eigenvalue weighted by Gasteiger charge is -2.22. The minimum Gasteiger partial charge on any atom is -0.491 e. The van der Waals surface area contributed by atoms with E-state index in [0.717, 1.165) is 0 Å². The average molecular weight is 442 g/mol. The number of nitrogens with zero attached hydrogens (tertiary/aromatic N) is 3. The smallest absolute Gasteiger partial charge is 0.294 e. The first-order valence-electron chi connectivity index (χ1n) is 9.16. The van der Waals surface area contributed by atoms with E-state index in [-0.39, 0.29) is 29.4 Å². The van der Waals surface area contributed by atoms with Crippen LogP contribution >= 0.6 is 0 Å². The van der Waals surface area contributed by atoms with Gasteiger partial charge in [0.1, 0.15) is 31.2 Å². The van der Waals surface area contributed by atoms with Gasteiger partial charge in [-0.15, -0.1) is 20.2 Å². The van der Waals surface area contributed by atoms with Gasteiger partial charge in [-0.25, -0.2) is 0 Å². The summed E-state index contributed by atoms with van der Waals surface area (Å²) in [5.74, 6) is -1.33. The van der Waals surface area contributed by atoms with Crippen molar-refractivity contribution in [3.05, 3.63) is 49.6 Å². The molecule has 31 heavy (non-hydrogen) atoms. The van der Waals surface area contributed by atoms with E-state index in [2.05, 4.69) is 9.68 Å². The van der Waals surface area contributed by atoms with Crippen LogP contribution in [-0.4, -0.2) is 70.0 Å². The number of benzene rings is 1. The van der Waals surface area contributed by atoms with Crippen LogP contribution in [0.3, 0.4) is 0 Å². The van der Waals surface area contributed by atoms with Crippen molar-refractivity contribution in [2.45, 2.75) is 32.1 Å². The van der Waals surface area contributed by atoms with Crippen molar-refractivity contribution in [1.29, 1.82) is 0 Å². The summed E-state index contributed by atoms with van der Waals surface area (Å²) in [7, 11) is 0. The Morgan fingerprint density at radius 2 is 1.74 bits per heavy atom. The van der Waals surface area contributed by atoms with Crippen molar-refractivity contribution in [2.24, 2.45) is 11.7 Å². The van der Waals surface area contributed by atoms with Gasteiger partial charge in [-0.1, -0.05) is 13.8 Å². The fourth-order valence-corrected chi connectivity index (χ4v) is 2.85. The predicted molar refractivity (Wildman–Crippen MR) is 101 cm³/mol. The molecular weight excluding hydrogens is 420 g/mol. The molecule has 1 aromatic carbocycles. The van der Waals surface area contributed by atoms with Crippen molar-refractivity contribution in [2.75, 3.05) is 19.8 Å². The Labute approximate surface area is 175 Å². The lowest BCUT2D eigenvalue weighted by molar-refractivity contribution is -0.789. The summed E-state index contributed by atoms with van der Waals surface area (Å²) in [6, 6.07) is 3.52. The topological polar surface area (TPSA) is 198 Å². The normalized spacial score (nSPS) is 16.0. The van der Waals surface area contributed by atoms with E-state index in [1.807, 2.05) is 13.8 Å². The summed E-state index contributed by atoms with van der Waals surface area (Å²) < 4.78 is 5.46. The molecule has 1 aliphatic rings. The third-order valence-electron chi connectivity index (χ3n) is 4.56. The molecule has 0 bridgehead atoms. The Balaban J connectivity index is 2.10. The van der Waals surface area contributed by atoms with E-state index in [1.54, 1.807) is 0 Å². The Morgan fingerprint density at radius 1 is 1.10 bits per heavy atom. The lowest BCUT2D eigenvalue weighted by atomic mass is 10.0. The quantitative estimate of drug-likeness (QED) is 0.247. The van der Waals surface area contributed by atoms with E-state index < -0.39 is 53.4 Å². The molecule has 1 heterocycles. The highest BCUT2D eigenvalue weighted by molar-refractivity contribution is 6.21. The first-order chi connectivity index (χ1) is 14.5. The number of carbonyl (C=O) groups is 2. The summed E-state index contributed by atoms with van der Waals surface area (Å²) in [5.41, 5.74) is 5.84.